The van der Waals surface area contributed by atoms with Crippen molar-refractivity contribution < 1.29 is 0 Å². The minimum atomic E-state index is 0.669. The summed E-state index contributed by atoms with van der Waals surface area (Å²) >= 11 is 1.86. The maximum absolute atomic E-state index is 5.19. The third kappa shape index (κ3) is 3.52. The van der Waals surface area contributed by atoms with E-state index in [4.69, 9.17) is 9.97 Å². The van der Waals surface area contributed by atoms with Crippen LogP contribution in [0.15, 0.2) is 140 Å². The van der Waals surface area contributed by atoms with Gasteiger partial charge in [-0.15, -0.1) is 11.3 Å². The van der Waals surface area contributed by atoms with Crippen LogP contribution in [0.2, 0.25) is 0 Å². The number of fused-ring (bicyclic) bond motifs is 8. The fraction of sp³-hybridized carbons (Fsp3) is 0. The minimum absolute atomic E-state index is 0.669. The van der Waals surface area contributed by atoms with E-state index >= 15 is 0 Å². The number of benzene rings is 6. The molecule has 4 heteroatoms. The van der Waals surface area contributed by atoms with Crippen molar-refractivity contribution in [2.75, 3.05) is 0 Å². The molecule has 0 atom stereocenters. The molecule has 0 aliphatic heterocycles. The van der Waals surface area contributed by atoms with Crippen LogP contribution in [-0.2, 0) is 0 Å². The highest BCUT2D eigenvalue weighted by Gasteiger charge is 2.19. The average molecular weight is 554 g/mol. The van der Waals surface area contributed by atoms with Gasteiger partial charge in [-0.3, -0.25) is 4.57 Å². The standard InChI is InChI=1S/C38H23N3S/c1-3-11-24(12-4-1)31-23-32(25-13-5-2-6-14-25)40-38(39-31)41-33-17-9-7-16-28(33)37-29-22-30-27-15-8-10-18-35(27)42-36(30)21-26(29)19-20-34(37)41/h1-23H. The summed E-state index contributed by atoms with van der Waals surface area (Å²) in [5.41, 5.74) is 6.13. The summed E-state index contributed by atoms with van der Waals surface area (Å²) < 4.78 is 4.87. The van der Waals surface area contributed by atoms with Gasteiger partial charge in [0.1, 0.15) is 0 Å². The Bertz CT molecular complexity index is 2400. The Balaban J connectivity index is 1.39. The van der Waals surface area contributed by atoms with Gasteiger partial charge in [0.05, 0.1) is 22.4 Å². The van der Waals surface area contributed by atoms with E-state index in [1.165, 1.54) is 41.7 Å². The molecular weight excluding hydrogens is 531 g/mol. The largest absolute Gasteiger partial charge is 0.278 e. The summed E-state index contributed by atoms with van der Waals surface area (Å²) in [5.74, 6) is 0.669. The Kier molecular flexibility index (Phi) is 5.07. The summed E-state index contributed by atoms with van der Waals surface area (Å²) in [6.45, 7) is 0. The van der Waals surface area contributed by atoms with Crippen molar-refractivity contribution in [1.82, 2.24) is 14.5 Å². The lowest BCUT2D eigenvalue weighted by Gasteiger charge is -2.12. The third-order valence-electron chi connectivity index (χ3n) is 8.20. The second-order valence-corrected chi connectivity index (χ2v) is 11.7. The molecule has 3 heterocycles. The van der Waals surface area contributed by atoms with E-state index in [2.05, 4.69) is 132 Å². The molecule has 9 aromatic rings. The zero-order chi connectivity index (χ0) is 27.6. The van der Waals surface area contributed by atoms with Crippen LogP contribution in [0.3, 0.4) is 0 Å². The number of rotatable bonds is 3. The highest BCUT2D eigenvalue weighted by atomic mass is 32.1. The molecule has 0 aliphatic carbocycles. The van der Waals surface area contributed by atoms with Crippen molar-refractivity contribution in [3.8, 4) is 28.5 Å². The van der Waals surface area contributed by atoms with Gasteiger partial charge in [-0.1, -0.05) is 103 Å². The number of para-hydroxylation sites is 1. The molecule has 0 fully saturated rings. The number of nitrogens with zero attached hydrogens (tertiary/aromatic N) is 3. The quantitative estimate of drug-likeness (QED) is 0.218. The number of hydrogen-bond donors (Lipinski definition) is 0. The first-order valence-electron chi connectivity index (χ1n) is 14.1. The van der Waals surface area contributed by atoms with Crippen LogP contribution in [0.5, 0.6) is 0 Å². The van der Waals surface area contributed by atoms with E-state index in [0.29, 0.717) is 5.95 Å². The smallest absolute Gasteiger partial charge is 0.235 e. The highest BCUT2D eigenvalue weighted by Crippen LogP contribution is 2.41. The summed E-state index contributed by atoms with van der Waals surface area (Å²) in [6.07, 6.45) is 0. The molecule has 9 rings (SSSR count). The minimum Gasteiger partial charge on any atom is -0.278 e. The molecule has 0 saturated carbocycles. The van der Waals surface area contributed by atoms with E-state index in [-0.39, 0.29) is 0 Å². The Morgan fingerprint density at radius 3 is 1.83 bits per heavy atom. The van der Waals surface area contributed by atoms with Gasteiger partial charge in [0.15, 0.2) is 0 Å². The van der Waals surface area contributed by atoms with Gasteiger partial charge in [-0.2, -0.15) is 0 Å². The van der Waals surface area contributed by atoms with Gasteiger partial charge in [-0.25, -0.2) is 9.97 Å². The van der Waals surface area contributed by atoms with Crippen LogP contribution in [0.1, 0.15) is 0 Å². The van der Waals surface area contributed by atoms with Crippen molar-refractivity contribution in [2.24, 2.45) is 0 Å². The Morgan fingerprint density at radius 1 is 0.452 bits per heavy atom. The van der Waals surface area contributed by atoms with Gasteiger partial charge >= 0.3 is 0 Å². The molecule has 0 radical (unpaired) electrons. The summed E-state index contributed by atoms with van der Waals surface area (Å²) in [7, 11) is 0. The Morgan fingerprint density at radius 2 is 1.10 bits per heavy atom. The van der Waals surface area contributed by atoms with Crippen molar-refractivity contribution in [2.45, 2.75) is 0 Å². The fourth-order valence-corrected chi connectivity index (χ4v) is 7.41. The predicted molar refractivity (Wildman–Crippen MR) is 178 cm³/mol. The van der Waals surface area contributed by atoms with E-state index in [1.54, 1.807) is 0 Å². The maximum Gasteiger partial charge on any atom is 0.235 e. The molecule has 3 aromatic heterocycles. The zero-order valence-corrected chi connectivity index (χ0v) is 23.3. The molecule has 42 heavy (non-hydrogen) atoms. The third-order valence-corrected chi connectivity index (χ3v) is 9.34. The van der Waals surface area contributed by atoms with Gasteiger partial charge in [0, 0.05) is 42.1 Å². The second-order valence-electron chi connectivity index (χ2n) is 10.7. The van der Waals surface area contributed by atoms with Gasteiger partial charge in [0.2, 0.25) is 5.95 Å². The monoisotopic (exact) mass is 553 g/mol. The van der Waals surface area contributed by atoms with Crippen LogP contribution < -0.4 is 0 Å². The number of thiophene rings is 1. The number of aromatic nitrogens is 3. The van der Waals surface area contributed by atoms with E-state index < -0.39 is 0 Å². The molecule has 0 N–H and O–H groups in total. The fourth-order valence-electron chi connectivity index (χ4n) is 6.27. The van der Waals surface area contributed by atoms with Gasteiger partial charge in [-0.05, 0) is 47.2 Å². The van der Waals surface area contributed by atoms with E-state index in [9.17, 15) is 0 Å². The van der Waals surface area contributed by atoms with Crippen LogP contribution >= 0.6 is 11.3 Å². The summed E-state index contributed by atoms with van der Waals surface area (Å²) in [5, 5.41) is 7.55. The zero-order valence-electron chi connectivity index (χ0n) is 22.5. The summed E-state index contributed by atoms with van der Waals surface area (Å²) in [6, 6.07) is 49.4. The van der Waals surface area contributed by atoms with Crippen molar-refractivity contribution in [3.05, 3.63) is 140 Å². The Labute approximate surface area is 246 Å². The number of hydrogen-bond acceptors (Lipinski definition) is 3. The van der Waals surface area contributed by atoms with Crippen molar-refractivity contribution >= 4 is 64.1 Å². The average Bonchev–Trinajstić information content (AvgIpc) is 3.59. The first kappa shape index (κ1) is 23.4. The lowest BCUT2D eigenvalue weighted by Crippen LogP contribution is -2.03. The molecule has 0 unspecified atom stereocenters. The normalized spacial score (nSPS) is 11.8. The van der Waals surface area contributed by atoms with Crippen molar-refractivity contribution in [3.63, 3.8) is 0 Å². The first-order chi connectivity index (χ1) is 20.8. The van der Waals surface area contributed by atoms with E-state index in [1.807, 2.05) is 23.5 Å². The Hall–Kier alpha value is -5.32. The maximum atomic E-state index is 5.19. The lowest BCUT2D eigenvalue weighted by molar-refractivity contribution is 0.996. The lowest BCUT2D eigenvalue weighted by atomic mass is 10.0. The van der Waals surface area contributed by atoms with Crippen LogP contribution in [0, 0.1) is 0 Å². The van der Waals surface area contributed by atoms with Crippen LogP contribution in [0.25, 0.3) is 81.2 Å². The molecule has 0 amide bonds. The molecule has 0 bridgehead atoms. The van der Waals surface area contributed by atoms with Gasteiger partial charge < -0.3 is 0 Å². The molecule has 196 valence electrons. The molecule has 0 spiro atoms. The van der Waals surface area contributed by atoms with Crippen molar-refractivity contribution in [1.29, 1.82) is 0 Å². The van der Waals surface area contributed by atoms with Crippen LogP contribution in [-0.4, -0.2) is 14.5 Å². The molecular formula is C38H23N3S. The summed E-state index contributed by atoms with van der Waals surface area (Å²) in [4.78, 5) is 10.4. The topological polar surface area (TPSA) is 30.7 Å². The van der Waals surface area contributed by atoms with E-state index in [0.717, 1.165) is 33.5 Å². The first-order valence-corrected chi connectivity index (χ1v) is 14.9. The highest BCUT2D eigenvalue weighted by molar-refractivity contribution is 7.25. The van der Waals surface area contributed by atoms with Crippen LogP contribution in [0.4, 0.5) is 0 Å². The predicted octanol–water partition coefficient (Wildman–Crippen LogP) is 10.4. The second kappa shape index (κ2) is 9.10. The molecule has 0 saturated heterocycles. The van der Waals surface area contributed by atoms with Gasteiger partial charge in [0.25, 0.3) is 0 Å². The molecule has 6 aromatic carbocycles. The molecule has 0 aliphatic rings. The SMILES string of the molecule is c1ccc(-c2cc(-c3ccccc3)nc(-n3c4ccccc4c4c5cc6c(cc5ccc43)sc3ccccc36)n2)cc1. The molecule has 3 nitrogen and oxygen atoms in total.